The standard InChI is InChI=1S/C12H15N5/c1-8-3-2-4-9(5-8)11-15-16-12-14-6-10(13)7-17(11)12/h2-5,10H,6-7,13H2,1H3,(H,14,16). The van der Waals surface area contributed by atoms with Crippen molar-refractivity contribution in [3.8, 4) is 11.4 Å². The normalized spacial score (nSPS) is 18.6. The van der Waals surface area contributed by atoms with Crippen molar-refractivity contribution in [2.24, 2.45) is 5.73 Å². The van der Waals surface area contributed by atoms with Gasteiger partial charge in [0.05, 0.1) is 0 Å². The van der Waals surface area contributed by atoms with E-state index in [-0.39, 0.29) is 6.04 Å². The molecule has 0 amide bonds. The molecule has 0 saturated carbocycles. The van der Waals surface area contributed by atoms with Crippen LogP contribution < -0.4 is 11.1 Å². The van der Waals surface area contributed by atoms with Gasteiger partial charge in [0.2, 0.25) is 5.95 Å². The van der Waals surface area contributed by atoms with Crippen molar-refractivity contribution in [1.82, 2.24) is 14.8 Å². The minimum absolute atomic E-state index is 0.113. The average Bonchev–Trinajstić information content (AvgIpc) is 2.71. The summed E-state index contributed by atoms with van der Waals surface area (Å²) >= 11 is 0. The van der Waals surface area contributed by atoms with Crippen LogP contribution in [-0.4, -0.2) is 27.4 Å². The molecule has 3 rings (SSSR count). The summed E-state index contributed by atoms with van der Waals surface area (Å²) in [7, 11) is 0. The smallest absolute Gasteiger partial charge is 0.225 e. The Balaban J connectivity index is 2.07. The number of nitrogens with zero attached hydrogens (tertiary/aromatic N) is 3. The molecule has 0 saturated heterocycles. The highest BCUT2D eigenvalue weighted by molar-refractivity contribution is 5.58. The molecular formula is C12H15N5. The Kier molecular flexibility index (Phi) is 2.33. The first-order valence-corrected chi connectivity index (χ1v) is 5.74. The highest BCUT2D eigenvalue weighted by Gasteiger charge is 2.20. The SMILES string of the molecule is Cc1cccc(-c2nnc3n2CC(N)CN3)c1. The van der Waals surface area contributed by atoms with E-state index in [4.69, 9.17) is 5.73 Å². The van der Waals surface area contributed by atoms with Crippen molar-refractivity contribution in [1.29, 1.82) is 0 Å². The second-order valence-electron chi connectivity index (χ2n) is 4.47. The second kappa shape index (κ2) is 3.85. The van der Waals surface area contributed by atoms with Crippen LogP contribution in [-0.2, 0) is 6.54 Å². The van der Waals surface area contributed by atoms with Gasteiger partial charge in [0.15, 0.2) is 5.82 Å². The fourth-order valence-corrected chi connectivity index (χ4v) is 2.13. The van der Waals surface area contributed by atoms with Crippen molar-refractivity contribution in [2.45, 2.75) is 19.5 Å². The van der Waals surface area contributed by atoms with Gasteiger partial charge in [-0.3, -0.25) is 4.57 Å². The van der Waals surface area contributed by atoms with E-state index in [9.17, 15) is 0 Å². The van der Waals surface area contributed by atoms with Crippen molar-refractivity contribution >= 4 is 5.95 Å². The van der Waals surface area contributed by atoms with Gasteiger partial charge in [-0.05, 0) is 13.0 Å². The van der Waals surface area contributed by atoms with Gasteiger partial charge in [-0.15, -0.1) is 10.2 Å². The number of aryl methyl sites for hydroxylation is 1. The molecular weight excluding hydrogens is 214 g/mol. The number of hydrogen-bond donors (Lipinski definition) is 2. The Hall–Kier alpha value is -1.88. The molecule has 0 bridgehead atoms. The van der Waals surface area contributed by atoms with E-state index >= 15 is 0 Å². The molecule has 1 unspecified atom stereocenters. The van der Waals surface area contributed by atoms with E-state index in [0.717, 1.165) is 30.4 Å². The Bertz CT molecular complexity index is 546. The van der Waals surface area contributed by atoms with Crippen molar-refractivity contribution in [3.05, 3.63) is 29.8 Å². The summed E-state index contributed by atoms with van der Waals surface area (Å²) in [6.45, 7) is 3.59. The van der Waals surface area contributed by atoms with Crippen LogP contribution in [0.25, 0.3) is 11.4 Å². The molecule has 0 fully saturated rings. The highest BCUT2D eigenvalue weighted by atomic mass is 15.4. The third kappa shape index (κ3) is 1.78. The number of hydrogen-bond acceptors (Lipinski definition) is 4. The van der Waals surface area contributed by atoms with Crippen LogP contribution in [0.3, 0.4) is 0 Å². The zero-order chi connectivity index (χ0) is 11.8. The monoisotopic (exact) mass is 229 g/mol. The molecule has 3 N–H and O–H groups in total. The number of fused-ring (bicyclic) bond motifs is 1. The predicted octanol–water partition coefficient (Wildman–Crippen LogP) is 1.01. The molecule has 0 aliphatic carbocycles. The number of nitrogens with one attached hydrogen (secondary N) is 1. The molecule has 0 spiro atoms. The third-order valence-corrected chi connectivity index (χ3v) is 2.97. The van der Waals surface area contributed by atoms with E-state index in [0.29, 0.717) is 0 Å². The fourth-order valence-electron chi connectivity index (χ4n) is 2.13. The fraction of sp³-hybridized carbons (Fsp3) is 0.333. The zero-order valence-electron chi connectivity index (χ0n) is 9.72. The number of rotatable bonds is 1. The third-order valence-electron chi connectivity index (χ3n) is 2.97. The number of aromatic nitrogens is 3. The Morgan fingerprint density at radius 2 is 2.29 bits per heavy atom. The quantitative estimate of drug-likeness (QED) is 0.765. The molecule has 88 valence electrons. The molecule has 2 aromatic rings. The lowest BCUT2D eigenvalue weighted by molar-refractivity contribution is 0.545. The highest BCUT2D eigenvalue weighted by Crippen LogP contribution is 2.23. The maximum absolute atomic E-state index is 5.95. The first-order valence-electron chi connectivity index (χ1n) is 5.74. The minimum atomic E-state index is 0.113. The van der Waals surface area contributed by atoms with Gasteiger partial charge in [0, 0.05) is 24.7 Å². The van der Waals surface area contributed by atoms with E-state index in [1.165, 1.54) is 5.56 Å². The van der Waals surface area contributed by atoms with Crippen molar-refractivity contribution in [3.63, 3.8) is 0 Å². The topological polar surface area (TPSA) is 68.8 Å². The van der Waals surface area contributed by atoms with Crippen LogP contribution in [0.2, 0.25) is 0 Å². The molecule has 1 atom stereocenters. The summed E-state index contributed by atoms with van der Waals surface area (Å²) in [6.07, 6.45) is 0. The minimum Gasteiger partial charge on any atom is -0.353 e. The van der Waals surface area contributed by atoms with Crippen LogP contribution in [0, 0.1) is 6.92 Å². The van der Waals surface area contributed by atoms with Crippen molar-refractivity contribution in [2.75, 3.05) is 11.9 Å². The van der Waals surface area contributed by atoms with Crippen LogP contribution in [0.1, 0.15) is 5.56 Å². The average molecular weight is 229 g/mol. The number of anilines is 1. The molecule has 5 nitrogen and oxygen atoms in total. The first kappa shape index (κ1) is 10.3. The largest absolute Gasteiger partial charge is 0.353 e. The second-order valence-corrected chi connectivity index (χ2v) is 4.47. The first-order chi connectivity index (χ1) is 8.24. The van der Waals surface area contributed by atoms with Crippen LogP contribution in [0.4, 0.5) is 5.95 Å². The van der Waals surface area contributed by atoms with Gasteiger partial charge in [0.1, 0.15) is 0 Å². The predicted molar refractivity (Wildman–Crippen MR) is 66.7 cm³/mol. The van der Waals surface area contributed by atoms with E-state index in [1.807, 2.05) is 16.7 Å². The zero-order valence-corrected chi connectivity index (χ0v) is 9.72. The van der Waals surface area contributed by atoms with Gasteiger partial charge < -0.3 is 11.1 Å². The van der Waals surface area contributed by atoms with Gasteiger partial charge >= 0.3 is 0 Å². The lowest BCUT2D eigenvalue weighted by Crippen LogP contribution is -2.38. The molecule has 1 aliphatic heterocycles. The summed E-state index contributed by atoms with van der Waals surface area (Å²) in [6, 6.07) is 8.37. The Labute approximate surface area is 99.7 Å². The summed E-state index contributed by atoms with van der Waals surface area (Å²) in [5, 5.41) is 11.6. The summed E-state index contributed by atoms with van der Waals surface area (Å²) in [4.78, 5) is 0. The van der Waals surface area contributed by atoms with E-state index in [2.05, 4.69) is 34.6 Å². The Morgan fingerprint density at radius 1 is 1.41 bits per heavy atom. The molecule has 0 radical (unpaired) electrons. The lowest BCUT2D eigenvalue weighted by atomic mass is 10.1. The Morgan fingerprint density at radius 3 is 3.12 bits per heavy atom. The van der Waals surface area contributed by atoms with Crippen LogP contribution in [0.15, 0.2) is 24.3 Å². The van der Waals surface area contributed by atoms with Crippen molar-refractivity contribution < 1.29 is 0 Å². The molecule has 1 aromatic heterocycles. The molecule has 1 aliphatic rings. The number of nitrogens with two attached hydrogens (primary N) is 1. The summed E-state index contributed by atoms with van der Waals surface area (Å²) in [5.74, 6) is 1.69. The van der Waals surface area contributed by atoms with Crippen LogP contribution >= 0.6 is 0 Å². The van der Waals surface area contributed by atoms with Gasteiger partial charge in [0.25, 0.3) is 0 Å². The summed E-state index contributed by atoms with van der Waals surface area (Å²) < 4.78 is 2.04. The van der Waals surface area contributed by atoms with Gasteiger partial charge in [-0.1, -0.05) is 23.8 Å². The van der Waals surface area contributed by atoms with Gasteiger partial charge in [-0.25, -0.2) is 0 Å². The van der Waals surface area contributed by atoms with E-state index < -0.39 is 0 Å². The van der Waals surface area contributed by atoms with Gasteiger partial charge in [-0.2, -0.15) is 0 Å². The maximum Gasteiger partial charge on any atom is 0.225 e. The molecule has 5 heteroatoms. The number of benzene rings is 1. The van der Waals surface area contributed by atoms with E-state index in [1.54, 1.807) is 0 Å². The summed E-state index contributed by atoms with van der Waals surface area (Å²) in [5.41, 5.74) is 8.25. The maximum atomic E-state index is 5.95. The molecule has 2 heterocycles. The molecule has 1 aromatic carbocycles. The van der Waals surface area contributed by atoms with Crippen LogP contribution in [0.5, 0.6) is 0 Å². The molecule has 17 heavy (non-hydrogen) atoms. The lowest BCUT2D eigenvalue weighted by Gasteiger charge is -2.22.